The van der Waals surface area contributed by atoms with Crippen molar-refractivity contribution in [2.24, 2.45) is 0 Å². The highest BCUT2D eigenvalue weighted by Gasteiger charge is 2.34. The van der Waals surface area contributed by atoms with Crippen molar-refractivity contribution in [1.82, 2.24) is 4.98 Å². The first kappa shape index (κ1) is 12.0. The summed E-state index contributed by atoms with van der Waals surface area (Å²) >= 11 is 0. The zero-order valence-corrected chi connectivity index (χ0v) is 9.92. The lowest BCUT2D eigenvalue weighted by atomic mass is 10.1. The number of piperidine rings is 1. The average molecular weight is 238 g/mol. The summed E-state index contributed by atoms with van der Waals surface area (Å²) in [4.78, 5) is 6.34. The van der Waals surface area contributed by atoms with Crippen molar-refractivity contribution >= 4 is 11.9 Å². The first-order valence-corrected chi connectivity index (χ1v) is 5.75. The molecule has 0 saturated carbocycles. The van der Waals surface area contributed by atoms with Crippen LogP contribution in [0, 0.1) is 6.92 Å². The largest absolute Gasteiger partial charge is 0.356 e. The molecule has 1 aliphatic heterocycles. The van der Waals surface area contributed by atoms with Crippen molar-refractivity contribution in [3.05, 3.63) is 30.0 Å². The maximum atomic E-state index is 13.0. The Kier molecular flexibility index (Phi) is 3.13. The Morgan fingerprint density at radius 3 is 2.53 bits per heavy atom. The molecule has 92 valence electrons. The molecule has 1 aromatic heterocycles. The minimum absolute atomic E-state index is 0.0864. The molecule has 1 aromatic rings. The minimum Gasteiger partial charge on any atom is -0.356 e. The minimum atomic E-state index is -2.51. The fraction of sp³-hybridized carbons (Fsp3) is 0.462. The van der Waals surface area contributed by atoms with Crippen molar-refractivity contribution < 1.29 is 8.78 Å². The highest BCUT2D eigenvalue weighted by Crippen LogP contribution is 2.30. The first-order valence-electron chi connectivity index (χ1n) is 5.75. The number of pyridine rings is 1. The maximum absolute atomic E-state index is 13.0. The molecule has 2 nitrogen and oxygen atoms in total. The first-order chi connectivity index (χ1) is 8.02. The van der Waals surface area contributed by atoms with E-state index >= 15 is 0 Å². The Bertz CT molecular complexity index is 419. The van der Waals surface area contributed by atoms with Gasteiger partial charge in [-0.3, -0.25) is 0 Å². The van der Waals surface area contributed by atoms with Crippen molar-refractivity contribution in [2.75, 3.05) is 18.0 Å². The van der Waals surface area contributed by atoms with Gasteiger partial charge in [-0.2, -0.15) is 0 Å². The van der Waals surface area contributed by atoms with Crippen LogP contribution in [-0.4, -0.2) is 24.0 Å². The quantitative estimate of drug-likeness (QED) is 0.786. The predicted octanol–water partition coefficient (Wildman–Crippen LogP) is 3.27. The second-order valence-corrected chi connectivity index (χ2v) is 4.39. The fourth-order valence-electron chi connectivity index (χ4n) is 2.01. The number of hydrogen-bond donors (Lipinski definition) is 0. The van der Waals surface area contributed by atoms with Crippen LogP contribution < -0.4 is 4.90 Å². The third-order valence-electron chi connectivity index (χ3n) is 3.15. The molecule has 1 saturated heterocycles. The van der Waals surface area contributed by atoms with Gasteiger partial charge in [0.2, 0.25) is 0 Å². The normalized spacial score (nSPS) is 19.1. The summed E-state index contributed by atoms with van der Waals surface area (Å²) < 4.78 is 26.1. The third kappa shape index (κ3) is 2.62. The summed E-state index contributed by atoms with van der Waals surface area (Å²) in [7, 11) is 0. The van der Waals surface area contributed by atoms with E-state index in [1.165, 1.54) is 0 Å². The van der Waals surface area contributed by atoms with Gasteiger partial charge in [0, 0.05) is 31.6 Å². The van der Waals surface area contributed by atoms with Gasteiger partial charge in [0.15, 0.2) is 0 Å². The van der Waals surface area contributed by atoms with E-state index in [1.807, 2.05) is 24.0 Å². The van der Waals surface area contributed by atoms with Crippen LogP contribution in [0.1, 0.15) is 24.1 Å². The Morgan fingerprint density at radius 1 is 1.35 bits per heavy atom. The number of nitrogens with zero attached hydrogens (tertiary/aromatic N) is 2. The van der Waals surface area contributed by atoms with Crippen molar-refractivity contribution in [1.29, 1.82) is 0 Å². The van der Waals surface area contributed by atoms with E-state index in [0.717, 1.165) is 17.1 Å². The second-order valence-electron chi connectivity index (χ2n) is 4.39. The number of halogens is 2. The van der Waals surface area contributed by atoms with Gasteiger partial charge < -0.3 is 4.90 Å². The Morgan fingerprint density at radius 2 is 2.00 bits per heavy atom. The third-order valence-corrected chi connectivity index (χ3v) is 3.15. The van der Waals surface area contributed by atoms with Gasteiger partial charge in [-0.1, -0.05) is 12.7 Å². The van der Waals surface area contributed by atoms with Crippen LogP contribution in [0.15, 0.2) is 18.7 Å². The van der Waals surface area contributed by atoms with Gasteiger partial charge in [0.25, 0.3) is 5.92 Å². The van der Waals surface area contributed by atoms with Crippen LogP contribution in [0.25, 0.3) is 6.08 Å². The van der Waals surface area contributed by atoms with Gasteiger partial charge in [-0.15, -0.1) is 0 Å². The van der Waals surface area contributed by atoms with E-state index in [0.29, 0.717) is 13.1 Å². The van der Waals surface area contributed by atoms with Crippen LogP contribution in [-0.2, 0) is 0 Å². The molecule has 0 unspecified atom stereocenters. The molecule has 0 spiro atoms. The number of alkyl halides is 2. The fourth-order valence-corrected chi connectivity index (χ4v) is 2.01. The van der Waals surface area contributed by atoms with Crippen LogP contribution in [0.5, 0.6) is 0 Å². The summed E-state index contributed by atoms with van der Waals surface area (Å²) in [5, 5.41) is 0. The van der Waals surface area contributed by atoms with E-state index in [4.69, 9.17) is 0 Å². The summed E-state index contributed by atoms with van der Waals surface area (Å²) in [6.07, 6.45) is 1.57. The van der Waals surface area contributed by atoms with Crippen molar-refractivity contribution in [3.63, 3.8) is 0 Å². The monoisotopic (exact) mass is 238 g/mol. The number of hydrogen-bond acceptors (Lipinski definition) is 2. The van der Waals surface area contributed by atoms with Crippen LogP contribution in [0.3, 0.4) is 0 Å². The van der Waals surface area contributed by atoms with Gasteiger partial charge in [0.05, 0.1) is 0 Å². The maximum Gasteiger partial charge on any atom is 0.251 e. The standard InChI is InChI=1S/C13H16F2N2/c1-3-11-4-5-12(16-10(11)2)17-8-6-13(14,15)7-9-17/h3-5H,1,6-9H2,2H3. The van der Waals surface area contributed by atoms with Gasteiger partial charge in [-0.25, -0.2) is 13.8 Å². The summed E-state index contributed by atoms with van der Waals surface area (Å²) in [5.41, 5.74) is 1.87. The molecule has 0 aliphatic carbocycles. The van der Waals surface area contributed by atoms with Gasteiger partial charge in [0.1, 0.15) is 5.82 Å². The molecule has 0 amide bonds. The smallest absolute Gasteiger partial charge is 0.251 e. The average Bonchev–Trinajstić information content (AvgIpc) is 2.29. The highest BCUT2D eigenvalue weighted by atomic mass is 19.3. The van der Waals surface area contributed by atoms with E-state index in [9.17, 15) is 8.78 Å². The zero-order valence-electron chi connectivity index (χ0n) is 9.92. The molecule has 0 atom stereocenters. The molecule has 0 aromatic carbocycles. The lowest BCUT2D eigenvalue weighted by molar-refractivity contribution is -0.0221. The molecular formula is C13H16F2N2. The second kappa shape index (κ2) is 4.43. The Balaban J connectivity index is 2.14. The predicted molar refractivity (Wildman–Crippen MR) is 65.5 cm³/mol. The van der Waals surface area contributed by atoms with E-state index in [1.54, 1.807) is 6.08 Å². The lowest BCUT2D eigenvalue weighted by Crippen LogP contribution is -2.39. The Hall–Kier alpha value is -1.45. The molecule has 17 heavy (non-hydrogen) atoms. The number of aryl methyl sites for hydroxylation is 1. The number of anilines is 1. The Labute approximate surface area is 100.0 Å². The molecule has 2 rings (SSSR count). The summed E-state index contributed by atoms with van der Waals surface area (Å²) in [6, 6.07) is 3.80. The molecule has 0 bridgehead atoms. The lowest BCUT2D eigenvalue weighted by Gasteiger charge is -2.32. The van der Waals surface area contributed by atoms with E-state index < -0.39 is 5.92 Å². The van der Waals surface area contributed by atoms with Gasteiger partial charge in [-0.05, 0) is 24.6 Å². The topological polar surface area (TPSA) is 16.1 Å². The highest BCUT2D eigenvalue weighted by molar-refractivity contribution is 5.53. The molecule has 1 aliphatic rings. The number of aromatic nitrogens is 1. The van der Waals surface area contributed by atoms with Crippen molar-refractivity contribution in [3.8, 4) is 0 Å². The molecule has 0 radical (unpaired) electrons. The van der Waals surface area contributed by atoms with Crippen LogP contribution in [0.4, 0.5) is 14.6 Å². The van der Waals surface area contributed by atoms with Crippen molar-refractivity contribution in [2.45, 2.75) is 25.7 Å². The van der Waals surface area contributed by atoms with Gasteiger partial charge >= 0.3 is 0 Å². The zero-order chi connectivity index (χ0) is 12.5. The molecule has 2 heterocycles. The SMILES string of the molecule is C=Cc1ccc(N2CCC(F)(F)CC2)nc1C. The molecule has 4 heteroatoms. The summed E-state index contributed by atoms with van der Waals surface area (Å²) in [5.74, 6) is -1.73. The molecule has 0 N–H and O–H groups in total. The van der Waals surface area contributed by atoms with Crippen LogP contribution in [0.2, 0.25) is 0 Å². The number of rotatable bonds is 2. The van der Waals surface area contributed by atoms with E-state index in [2.05, 4.69) is 11.6 Å². The molecule has 1 fully saturated rings. The molecular weight excluding hydrogens is 222 g/mol. The summed E-state index contributed by atoms with van der Waals surface area (Å²) in [6.45, 7) is 6.34. The van der Waals surface area contributed by atoms with E-state index in [-0.39, 0.29) is 12.8 Å². The van der Waals surface area contributed by atoms with Crippen LogP contribution >= 0.6 is 0 Å².